The monoisotopic (exact) mass is 315 g/mol. The summed E-state index contributed by atoms with van der Waals surface area (Å²) in [5.41, 5.74) is 2.88. The molecule has 1 aliphatic carbocycles. The van der Waals surface area contributed by atoms with Gasteiger partial charge in [0.25, 0.3) is 0 Å². The first-order chi connectivity index (χ1) is 11.2. The van der Waals surface area contributed by atoms with E-state index in [1.165, 1.54) is 62.5 Å². The van der Waals surface area contributed by atoms with E-state index in [0.29, 0.717) is 5.92 Å². The van der Waals surface area contributed by atoms with Gasteiger partial charge in [0.15, 0.2) is 0 Å². The molecule has 0 aliphatic heterocycles. The van der Waals surface area contributed by atoms with Gasteiger partial charge in [0.05, 0.1) is 6.61 Å². The molecule has 1 heteroatoms. The molecule has 1 aromatic carbocycles. The van der Waals surface area contributed by atoms with Crippen molar-refractivity contribution >= 4 is 0 Å². The lowest BCUT2D eigenvalue weighted by molar-refractivity contribution is 0.185. The summed E-state index contributed by atoms with van der Waals surface area (Å²) in [6.07, 6.45) is 13.1. The zero-order valence-corrected chi connectivity index (χ0v) is 15.2. The molecule has 1 saturated carbocycles. The van der Waals surface area contributed by atoms with E-state index in [1.54, 1.807) is 0 Å². The maximum absolute atomic E-state index is 10.6. The van der Waals surface area contributed by atoms with Gasteiger partial charge in [-0.2, -0.15) is 0 Å². The first-order valence-electron chi connectivity index (χ1n) is 9.89. The fourth-order valence-electron chi connectivity index (χ4n) is 4.16. The molecule has 1 atom stereocenters. The molecule has 1 unspecified atom stereocenters. The summed E-state index contributed by atoms with van der Waals surface area (Å²) in [5.74, 6) is 2.50. The summed E-state index contributed by atoms with van der Waals surface area (Å²) in [6, 6.07) is 9.18. The standard InChI is InChI=1S/C22H35O/c1-3-5-19-7-9-20(10-8-19)11-12-21-13-15-22(16-14-21)18(2)6-4-17-23/h13-16,18-20H,3-12,17H2,1-2H3/t18?,19-,20-. The van der Waals surface area contributed by atoms with Gasteiger partial charge in [-0.15, -0.1) is 0 Å². The quantitative estimate of drug-likeness (QED) is 0.493. The van der Waals surface area contributed by atoms with Crippen LogP contribution in [-0.2, 0) is 11.5 Å². The van der Waals surface area contributed by atoms with Gasteiger partial charge in [0, 0.05) is 0 Å². The van der Waals surface area contributed by atoms with E-state index in [-0.39, 0.29) is 6.61 Å². The van der Waals surface area contributed by atoms with Crippen molar-refractivity contribution in [3.63, 3.8) is 0 Å². The smallest absolute Gasteiger partial charge is 0.0822 e. The van der Waals surface area contributed by atoms with Crippen LogP contribution in [-0.4, -0.2) is 6.61 Å². The molecule has 0 N–H and O–H groups in total. The van der Waals surface area contributed by atoms with Gasteiger partial charge in [0.2, 0.25) is 0 Å². The minimum absolute atomic E-state index is 0.0585. The number of hydrogen-bond donors (Lipinski definition) is 0. The topological polar surface area (TPSA) is 19.9 Å². The highest BCUT2D eigenvalue weighted by Gasteiger charge is 2.20. The Kier molecular flexibility index (Phi) is 8.16. The van der Waals surface area contributed by atoms with Crippen molar-refractivity contribution in [1.29, 1.82) is 0 Å². The van der Waals surface area contributed by atoms with Gasteiger partial charge in [-0.05, 0) is 54.6 Å². The molecule has 0 amide bonds. The minimum atomic E-state index is 0.0585. The van der Waals surface area contributed by atoms with Gasteiger partial charge in [-0.25, -0.2) is 5.11 Å². The first kappa shape index (κ1) is 18.5. The van der Waals surface area contributed by atoms with Crippen molar-refractivity contribution in [3.05, 3.63) is 35.4 Å². The van der Waals surface area contributed by atoms with Crippen molar-refractivity contribution in [2.75, 3.05) is 6.61 Å². The SMILES string of the molecule is CCC[C@H]1CC[C@H](CCc2ccc(C(C)CCC[O])cc2)CC1. The Morgan fingerprint density at radius 1 is 1.00 bits per heavy atom. The molecule has 0 bridgehead atoms. The van der Waals surface area contributed by atoms with E-state index in [2.05, 4.69) is 38.1 Å². The average Bonchev–Trinajstić information content (AvgIpc) is 2.60. The van der Waals surface area contributed by atoms with Crippen molar-refractivity contribution in [2.24, 2.45) is 11.8 Å². The Morgan fingerprint density at radius 2 is 1.61 bits per heavy atom. The molecule has 1 aromatic rings. The van der Waals surface area contributed by atoms with Crippen molar-refractivity contribution in [3.8, 4) is 0 Å². The molecule has 1 fully saturated rings. The molecule has 2 rings (SSSR count). The van der Waals surface area contributed by atoms with Crippen LogP contribution in [0.3, 0.4) is 0 Å². The lowest BCUT2D eigenvalue weighted by atomic mass is 9.78. The average molecular weight is 316 g/mol. The fourth-order valence-corrected chi connectivity index (χ4v) is 4.16. The number of hydrogen-bond acceptors (Lipinski definition) is 0. The Hall–Kier alpha value is -0.820. The molecule has 0 saturated heterocycles. The Balaban J connectivity index is 1.72. The molecule has 0 aromatic heterocycles. The summed E-state index contributed by atoms with van der Waals surface area (Å²) in [7, 11) is 0. The highest BCUT2D eigenvalue weighted by Crippen LogP contribution is 2.34. The summed E-state index contributed by atoms with van der Waals surface area (Å²) in [5, 5.41) is 10.6. The minimum Gasteiger partial charge on any atom is -0.237 e. The van der Waals surface area contributed by atoms with Gasteiger partial charge in [-0.3, -0.25) is 0 Å². The van der Waals surface area contributed by atoms with Gasteiger partial charge >= 0.3 is 0 Å². The van der Waals surface area contributed by atoms with Crippen LogP contribution in [0.15, 0.2) is 24.3 Å². The van der Waals surface area contributed by atoms with E-state index in [1.807, 2.05) is 0 Å². The van der Waals surface area contributed by atoms with E-state index in [9.17, 15) is 5.11 Å². The van der Waals surface area contributed by atoms with Crippen molar-refractivity contribution in [2.45, 2.75) is 84.0 Å². The van der Waals surface area contributed by atoms with E-state index in [0.717, 1.165) is 24.7 Å². The zero-order valence-electron chi connectivity index (χ0n) is 15.2. The maximum Gasteiger partial charge on any atom is 0.0822 e. The Bertz CT molecular complexity index is 414. The van der Waals surface area contributed by atoms with Crippen LogP contribution >= 0.6 is 0 Å². The van der Waals surface area contributed by atoms with E-state index >= 15 is 0 Å². The predicted molar refractivity (Wildman–Crippen MR) is 98.3 cm³/mol. The highest BCUT2D eigenvalue weighted by atomic mass is 16.2. The number of rotatable bonds is 9. The first-order valence-corrected chi connectivity index (χ1v) is 9.89. The van der Waals surface area contributed by atoms with Crippen LogP contribution in [0.1, 0.15) is 88.7 Å². The second-order valence-electron chi connectivity index (χ2n) is 7.70. The predicted octanol–water partition coefficient (Wildman–Crippen LogP) is 6.54. The molecule has 1 aliphatic rings. The third-order valence-corrected chi connectivity index (χ3v) is 5.83. The zero-order chi connectivity index (χ0) is 16.5. The molecular weight excluding hydrogens is 280 g/mol. The molecule has 1 radical (unpaired) electrons. The molecule has 129 valence electrons. The fraction of sp³-hybridized carbons (Fsp3) is 0.727. The third kappa shape index (κ3) is 6.30. The van der Waals surface area contributed by atoms with Gasteiger partial charge in [-0.1, -0.05) is 76.6 Å². The summed E-state index contributed by atoms with van der Waals surface area (Å²) in [6.45, 7) is 4.61. The second kappa shape index (κ2) is 10.1. The number of aryl methyl sites for hydroxylation is 1. The van der Waals surface area contributed by atoms with Crippen LogP contribution in [0.2, 0.25) is 0 Å². The van der Waals surface area contributed by atoms with Crippen LogP contribution < -0.4 is 0 Å². The molecular formula is C22H35O. The molecule has 0 heterocycles. The molecule has 23 heavy (non-hydrogen) atoms. The summed E-state index contributed by atoms with van der Waals surface area (Å²) < 4.78 is 0. The van der Waals surface area contributed by atoms with Crippen molar-refractivity contribution in [1.82, 2.24) is 0 Å². The normalized spacial score (nSPS) is 22.9. The maximum atomic E-state index is 10.6. The summed E-state index contributed by atoms with van der Waals surface area (Å²) in [4.78, 5) is 0. The number of benzene rings is 1. The third-order valence-electron chi connectivity index (χ3n) is 5.83. The van der Waals surface area contributed by atoms with E-state index < -0.39 is 0 Å². The molecule has 0 spiro atoms. The molecule has 1 nitrogen and oxygen atoms in total. The highest BCUT2D eigenvalue weighted by molar-refractivity contribution is 5.25. The van der Waals surface area contributed by atoms with E-state index in [4.69, 9.17) is 0 Å². The Labute approximate surface area is 143 Å². The van der Waals surface area contributed by atoms with Crippen molar-refractivity contribution < 1.29 is 5.11 Å². The van der Waals surface area contributed by atoms with Crippen LogP contribution in [0.4, 0.5) is 0 Å². The van der Waals surface area contributed by atoms with Gasteiger partial charge in [0.1, 0.15) is 0 Å². The van der Waals surface area contributed by atoms with Crippen LogP contribution in [0.25, 0.3) is 0 Å². The van der Waals surface area contributed by atoms with Crippen LogP contribution in [0, 0.1) is 11.8 Å². The lowest BCUT2D eigenvalue weighted by Gasteiger charge is -2.28. The second-order valence-corrected chi connectivity index (χ2v) is 7.70. The van der Waals surface area contributed by atoms with Crippen LogP contribution in [0.5, 0.6) is 0 Å². The lowest BCUT2D eigenvalue weighted by Crippen LogP contribution is -2.15. The Morgan fingerprint density at radius 3 is 2.17 bits per heavy atom. The van der Waals surface area contributed by atoms with Gasteiger partial charge < -0.3 is 0 Å². The summed E-state index contributed by atoms with van der Waals surface area (Å²) >= 11 is 0. The largest absolute Gasteiger partial charge is 0.237 e.